The monoisotopic (exact) mass is 385 g/mol. The van der Waals surface area contributed by atoms with Gasteiger partial charge in [-0.15, -0.1) is 5.10 Å². The summed E-state index contributed by atoms with van der Waals surface area (Å²) in [5, 5.41) is 8.01. The zero-order chi connectivity index (χ0) is 19.8. The molecule has 2 aromatic rings. The number of fused-ring (bicyclic) bond motifs is 1. The number of carbonyl (C=O) groups excluding carboxylic acids is 2. The molecule has 0 spiro atoms. The van der Waals surface area contributed by atoms with E-state index in [2.05, 4.69) is 20.7 Å². The van der Waals surface area contributed by atoms with E-state index in [1.807, 2.05) is 0 Å². The fourth-order valence-corrected chi connectivity index (χ4v) is 2.53. The maximum atomic E-state index is 12.8. The first-order valence-electron chi connectivity index (χ1n) is 7.59. The maximum Gasteiger partial charge on any atom is 0.453 e. The van der Waals surface area contributed by atoms with Crippen LogP contribution in [0.3, 0.4) is 0 Å². The summed E-state index contributed by atoms with van der Waals surface area (Å²) in [4.78, 5) is 27.5. The first kappa shape index (κ1) is 18.5. The summed E-state index contributed by atoms with van der Waals surface area (Å²) in [5.74, 6) is -2.47. The largest absolute Gasteiger partial charge is 0.493 e. The zero-order valence-electron chi connectivity index (χ0n) is 14.1. The highest BCUT2D eigenvalue weighted by atomic mass is 19.4. The van der Waals surface area contributed by atoms with Crippen LogP contribution < -0.4 is 20.1 Å². The third kappa shape index (κ3) is 3.64. The van der Waals surface area contributed by atoms with Gasteiger partial charge in [0.25, 0.3) is 5.82 Å². The fourth-order valence-electron chi connectivity index (χ4n) is 2.53. The van der Waals surface area contributed by atoms with Crippen molar-refractivity contribution < 1.29 is 32.2 Å². The molecule has 0 bridgehead atoms. The maximum absolute atomic E-state index is 12.8. The Bertz CT molecular complexity index is 896. The SMILES string of the molecule is COc1ccc(NC(=O)C2CC(=O)Nc3nc(C(F)(F)F)nn32)cc1OC. The van der Waals surface area contributed by atoms with E-state index in [0.29, 0.717) is 17.2 Å². The Hall–Kier alpha value is -3.31. The normalized spacial score (nSPS) is 16.3. The average molecular weight is 385 g/mol. The van der Waals surface area contributed by atoms with Crippen molar-refractivity contribution >= 4 is 23.5 Å². The fraction of sp³-hybridized carbons (Fsp3) is 0.333. The number of halogens is 3. The minimum atomic E-state index is -4.81. The number of anilines is 2. The number of hydrogen-bond acceptors (Lipinski definition) is 6. The minimum Gasteiger partial charge on any atom is -0.493 e. The number of ether oxygens (including phenoxy) is 2. The third-order valence-electron chi connectivity index (χ3n) is 3.76. The summed E-state index contributed by atoms with van der Waals surface area (Å²) < 4.78 is 49.4. The molecule has 1 aliphatic rings. The molecule has 1 aliphatic heterocycles. The van der Waals surface area contributed by atoms with Gasteiger partial charge in [-0.05, 0) is 12.1 Å². The lowest BCUT2D eigenvalue weighted by Crippen LogP contribution is -2.36. The molecule has 27 heavy (non-hydrogen) atoms. The van der Waals surface area contributed by atoms with Gasteiger partial charge in [0.2, 0.25) is 17.8 Å². The third-order valence-corrected chi connectivity index (χ3v) is 3.76. The highest BCUT2D eigenvalue weighted by Gasteiger charge is 2.41. The Morgan fingerprint density at radius 1 is 1.30 bits per heavy atom. The average Bonchev–Trinajstić information content (AvgIpc) is 3.05. The lowest BCUT2D eigenvalue weighted by Gasteiger charge is -2.22. The predicted octanol–water partition coefficient (Wildman–Crippen LogP) is 1.84. The number of alkyl halides is 3. The summed E-state index contributed by atoms with van der Waals surface area (Å²) in [7, 11) is 2.86. The number of amides is 2. The van der Waals surface area contributed by atoms with E-state index in [0.717, 1.165) is 4.68 Å². The van der Waals surface area contributed by atoms with E-state index in [-0.39, 0.29) is 6.42 Å². The number of methoxy groups -OCH3 is 2. The number of aromatic nitrogens is 3. The zero-order valence-corrected chi connectivity index (χ0v) is 14.1. The topological polar surface area (TPSA) is 107 Å². The second-order valence-corrected chi connectivity index (χ2v) is 5.53. The number of hydrogen-bond donors (Lipinski definition) is 2. The van der Waals surface area contributed by atoms with E-state index in [4.69, 9.17) is 9.47 Å². The van der Waals surface area contributed by atoms with Gasteiger partial charge in [0.1, 0.15) is 6.04 Å². The van der Waals surface area contributed by atoms with Gasteiger partial charge in [0.05, 0.1) is 20.6 Å². The molecule has 0 radical (unpaired) electrons. The lowest BCUT2D eigenvalue weighted by atomic mass is 10.1. The van der Waals surface area contributed by atoms with Crippen LogP contribution in [0.5, 0.6) is 11.5 Å². The van der Waals surface area contributed by atoms with Crippen LogP contribution >= 0.6 is 0 Å². The summed E-state index contributed by atoms with van der Waals surface area (Å²) in [5.41, 5.74) is 0.307. The molecule has 0 saturated heterocycles. The van der Waals surface area contributed by atoms with Gasteiger partial charge in [-0.2, -0.15) is 18.2 Å². The molecule has 1 aromatic carbocycles. The van der Waals surface area contributed by atoms with Crippen LogP contribution in [0.4, 0.5) is 24.8 Å². The Labute approximate surface area is 150 Å². The van der Waals surface area contributed by atoms with Gasteiger partial charge in [-0.25, -0.2) is 4.68 Å². The molecule has 1 aromatic heterocycles. The van der Waals surface area contributed by atoms with Gasteiger partial charge in [-0.3, -0.25) is 14.9 Å². The molecule has 0 saturated carbocycles. The summed E-state index contributed by atoms with van der Waals surface area (Å²) in [6.45, 7) is 0. The molecule has 2 N–H and O–H groups in total. The van der Waals surface area contributed by atoms with Crippen molar-refractivity contribution in [3.8, 4) is 11.5 Å². The smallest absolute Gasteiger partial charge is 0.453 e. The number of nitrogens with zero attached hydrogens (tertiary/aromatic N) is 3. The first-order chi connectivity index (χ1) is 12.7. The molecule has 2 amide bonds. The molecule has 0 fully saturated rings. The van der Waals surface area contributed by atoms with E-state index in [9.17, 15) is 22.8 Å². The Balaban J connectivity index is 1.87. The summed E-state index contributed by atoms with van der Waals surface area (Å²) in [6.07, 6.45) is -5.19. The molecule has 9 nitrogen and oxygen atoms in total. The molecule has 144 valence electrons. The predicted molar refractivity (Wildman–Crippen MR) is 85.5 cm³/mol. The van der Waals surface area contributed by atoms with Crippen LogP contribution in [0.2, 0.25) is 0 Å². The van der Waals surface area contributed by atoms with E-state index < -0.39 is 35.8 Å². The van der Waals surface area contributed by atoms with E-state index in [1.165, 1.54) is 26.4 Å². The number of rotatable bonds is 4. The first-order valence-corrected chi connectivity index (χ1v) is 7.59. The van der Waals surface area contributed by atoms with Crippen molar-refractivity contribution in [3.63, 3.8) is 0 Å². The molecule has 12 heteroatoms. The van der Waals surface area contributed by atoms with Crippen molar-refractivity contribution in [1.82, 2.24) is 14.8 Å². The number of benzene rings is 1. The van der Waals surface area contributed by atoms with Crippen molar-refractivity contribution in [2.24, 2.45) is 0 Å². The number of nitrogens with one attached hydrogen (secondary N) is 2. The quantitative estimate of drug-likeness (QED) is 0.832. The lowest BCUT2D eigenvalue weighted by molar-refractivity contribution is -0.145. The van der Waals surface area contributed by atoms with Crippen LogP contribution in [0.15, 0.2) is 18.2 Å². The summed E-state index contributed by atoms with van der Waals surface area (Å²) >= 11 is 0. The van der Waals surface area contributed by atoms with Crippen molar-refractivity contribution in [2.75, 3.05) is 24.9 Å². The van der Waals surface area contributed by atoms with Crippen molar-refractivity contribution in [1.29, 1.82) is 0 Å². The van der Waals surface area contributed by atoms with Crippen LogP contribution in [-0.2, 0) is 15.8 Å². The molecule has 0 aliphatic carbocycles. The highest BCUT2D eigenvalue weighted by molar-refractivity contribution is 6.00. The second-order valence-electron chi connectivity index (χ2n) is 5.53. The van der Waals surface area contributed by atoms with Gasteiger partial charge in [0.15, 0.2) is 11.5 Å². The van der Waals surface area contributed by atoms with Crippen LogP contribution in [-0.4, -0.2) is 40.8 Å². The van der Waals surface area contributed by atoms with Gasteiger partial charge in [-0.1, -0.05) is 0 Å². The van der Waals surface area contributed by atoms with Crippen LogP contribution in [0.1, 0.15) is 18.3 Å². The van der Waals surface area contributed by atoms with Gasteiger partial charge in [0, 0.05) is 11.8 Å². The molecule has 3 rings (SSSR count). The molecular formula is C15H14F3N5O4. The minimum absolute atomic E-state index is 0.307. The standard InChI is InChI=1S/C15H14F3N5O4/c1-26-9-4-3-7(5-10(9)27-2)19-12(25)8-6-11(24)20-14-21-13(15(16,17)18)22-23(8)14/h3-5,8H,6H2,1-2H3,(H,19,25)(H,20,21,22,24). The molecule has 1 unspecified atom stereocenters. The van der Waals surface area contributed by atoms with Gasteiger partial charge >= 0.3 is 6.18 Å². The Morgan fingerprint density at radius 3 is 2.63 bits per heavy atom. The second kappa shape index (κ2) is 6.78. The molecule has 1 atom stereocenters. The molecular weight excluding hydrogens is 371 g/mol. The summed E-state index contributed by atoms with van der Waals surface area (Å²) in [6, 6.07) is 3.25. The van der Waals surface area contributed by atoms with Crippen LogP contribution in [0, 0.1) is 0 Å². The number of carbonyl (C=O) groups is 2. The highest BCUT2D eigenvalue weighted by Crippen LogP contribution is 2.33. The van der Waals surface area contributed by atoms with Crippen molar-refractivity contribution in [3.05, 3.63) is 24.0 Å². The Kier molecular flexibility index (Phi) is 4.64. The van der Waals surface area contributed by atoms with E-state index >= 15 is 0 Å². The Morgan fingerprint density at radius 2 is 2.00 bits per heavy atom. The molecule has 2 heterocycles. The van der Waals surface area contributed by atoms with E-state index in [1.54, 1.807) is 6.07 Å². The van der Waals surface area contributed by atoms with Gasteiger partial charge < -0.3 is 14.8 Å². The van der Waals surface area contributed by atoms with Crippen molar-refractivity contribution in [2.45, 2.75) is 18.6 Å². The van der Waals surface area contributed by atoms with Crippen LogP contribution in [0.25, 0.3) is 0 Å².